The van der Waals surface area contributed by atoms with Crippen LogP contribution in [0.2, 0.25) is 0 Å². The number of hydrogen-bond donors (Lipinski definition) is 1. The van der Waals surface area contributed by atoms with E-state index in [0.29, 0.717) is 11.6 Å². The molecular formula is C13H20FN5. The fourth-order valence-corrected chi connectivity index (χ4v) is 2.16. The average molecular weight is 265 g/mol. The highest BCUT2D eigenvalue weighted by Gasteiger charge is 2.19. The molecule has 0 amide bonds. The Kier molecular flexibility index (Phi) is 3.71. The number of pyridine rings is 1. The summed E-state index contributed by atoms with van der Waals surface area (Å²) in [5.74, 6) is 0.203. The number of aromatic nitrogens is 3. The third kappa shape index (κ3) is 3.64. The molecule has 0 fully saturated rings. The normalized spacial score (nSPS) is 12.3. The van der Waals surface area contributed by atoms with Gasteiger partial charge in [-0.3, -0.25) is 0 Å². The van der Waals surface area contributed by atoms with E-state index < -0.39 is 0 Å². The van der Waals surface area contributed by atoms with Crippen LogP contribution < -0.4 is 5.32 Å². The largest absolute Gasteiger partial charge is 0.352 e. The van der Waals surface area contributed by atoms with Crippen LogP contribution in [-0.2, 0) is 0 Å². The first kappa shape index (κ1) is 13.7. The van der Waals surface area contributed by atoms with E-state index in [-0.39, 0.29) is 11.2 Å². The van der Waals surface area contributed by atoms with Crippen molar-refractivity contribution in [1.29, 1.82) is 0 Å². The van der Waals surface area contributed by atoms with E-state index in [1.807, 2.05) is 14.1 Å². The molecule has 19 heavy (non-hydrogen) atoms. The smallest absolute Gasteiger partial charge is 0.243 e. The highest BCUT2D eigenvalue weighted by atomic mass is 19.1. The summed E-state index contributed by atoms with van der Waals surface area (Å²) in [7, 11) is 4.10. The molecule has 0 saturated carbocycles. The molecule has 0 radical (unpaired) electrons. The number of rotatable bonds is 5. The summed E-state index contributed by atoms with van der Waals surface area (Å²) in [6, 6.07) is 2.99. The Morgan fingerprint density at radius 1 is 1.37 bits per heavy atom. The molecule has 0 saturated heterocycles. The molecule has 0 aliphatic heterocycles. The molecule has 2 rings (SSSR count). The van der Waals surface area contributed by atoms with Crippen molar-refractivity contribution in [3.8, 4) is 0 Å². The molecule has 0 spiro atoms. The summed E-state index contributed by atoms with van der Waals surface area (Å²) >= 11 is 0. The van der Waals surface area contributed by atoms with E-state index in [1.54, 1.807) is 6.07 Å². The fraction of sp³-hybridized carbons (Fsp3) is 0.538. The summed E-state index contributed by atoms with van der Waals surface area (Å²) in [4.78, 5) is 6.44. The van der Waals surface area contributed by atoms with Crippen LogP contribution in [0.25, 0.3) is 5.65 Å². The maximum Gasteiger partial charge on any atom is 0.243 e. The first-order valence-corrected chi connectivity index (χ1v) is 6.26. The van der Waals surface area contributed by atoms with Gasteiger partial charge in [0, 0.05) is 13.1 Å². The number of nitrogens with one attached hydrogen (secondary N) is 1. The lowest BCUT2D eigenvalue weighted by atomic mass is 9.93. The van der Waals surface area contributed by atoms with Gasteiger partial charge in [0.25, 0.3) is 0 Å². The zero-order valence-corrected chi connectivity index (χ0v) is 11.8. The lowest BCUT2D eigenvalue weighted by molar-refractivity contribution is 0.254. The summed E-state index contributed by atoms with van der Waals surface area (Å²) in [6.07, 6.45) is 1.32. The molecule has 0 aliphatic rings. The Morgan fingerprint density at radius 3 is 2.79 bits per heavy atom. The first-order valence-electron chi connectivity index (χ1n) is 6.26. The predicted octanol–water partition coefficient (Wildman–Crippen LogP) is 1.87. The maximum absolute atomic E-state index is 13.0. The van der Waals surface area contributed by atoms with Gasteiger partial charge in [-0.15, -0.1) is 5.10 Å². The number of hydrogen-bond acceptors (Lipinski definition) is 4. The summed E-state index contributed by atoms with van der Waals surface area (Å²) in [5, 5.41) is 7.40. The zero-order valence-electron chi connectivity index (χ0n) is 11.8. The van der Waals surface area contributed by atoms with Crippen LogP contribution in [0, 0.1) is 11.2 Å². The van der Waals surface area contributed by atoms with Gasteiger partial charge >= 0.3 is 0 Å². The van der Waals surface area contributed by atoms with Gasteiger partial charge in [-0.2, -0.15) is 4.98 Å². The van der Waals surface area contributed by atoms with Crippen LogP contribution in [0.15, 0.2) is 18.3 Å². The number of nitrogens with zero attached hydrogens (tertiary/aromatic N) is 4. The van der Waals surface area contributed by atoms with Crippen LogP contribution in [0.1, 0.15) is 13.8 Å². The topological polar surface area (TPSA) is 45.5 Å². The van der Waals surface area contributed by atoms with E-state index in [2.05, 4.69) is 34.1 Å². The maximum atomic E-state index is 13.0. The standard InChI is InChI=1S/C13H20FN5/c1-13(2,9-18(3)4)8-15-12-16-11-6-5-10(14)7-19(11)17-12/h5-7H,8-9H2,1-4H3,(H,15,17). The Balaban J connectivity index is 2.05. The van der Waals surface area contributed by atoms with Crippen LogP contribution >= 0.6 is 0 Å². The number of fused-ring (bicyclic) bond motifs is 1. The lowest BCUT2D eigenvalue weighted by Crippen LogP contribution is -2.34. The molecule has 5 nitrogen and oxygen atoms in total. The lowest BCUT2D eigenvalue weighted by Gasteiger charge is -2.28. The second-order valence-electron chi connectivity index (χ2n) is 5.84. The SMILES string of the molecule is CN(C)CC(C)(C)CNc1nc2ccc(F)cn2n1. The molecule has 2 aromatic rings. The minimum absolute atomic E-state index is 0.103. The molecule has 2 heterocycles. The number of anilines is 1. The molecule has 104 valence electrons. The van der Waals surface area contributed by atoms with Crippen LogP contribution in [0.4, 0.5) is 10.3 Å². The van der Waals surface area contributed by atoms with E-state index >= 15 is 0 Å². The molecule has 0 aromatic carbocycles. The van der Waals surface area contributed by atoms with Gasteiger partial charge in [-0.25, -0.2) is 8.91 Å². The van der Waals surface area contributed by atoms with E-state index in [9.17, 15) is 4.39 Å². The summed E-state index contributed by atoms with van der Waals surface area (Å²) in [5.41, 5.74) is 0.737. The Hall–Kier alpha value is -1.69. The van der Waals surface area contributed by atoms with Crippen molar-refractivity contribution in [2.24, 2.45) is 5.41 Å². The van der Waals surface area contributed by atoms with E-state index in [0.717, 1.165) is 13.1 Å². The Bertz CT molecular complexity index is 561. The van der Waals surface area contributed by atoms with Crippen molar-refractivity contribution in [3.63, 3.8) is 0 Å². The molecule has 2 aromatic heterocycles. The minimum Gasteiger partial charge on any atom is -0.352 e. The van der Waals surface area contributed by atoms with Gasteiger partial charge in [0.05, 0.1) is 6.20 Å². The Morgan fingerprint density at radius 2 is 2.11 bits per heavy atom. The summed E-state index contributed by atoms with van der Waals surface area (Å²) < 4.78 is 14.5. The van der Waals surface area contributed by atoms with Gasteiger partial charge in [0.1, 0.15) is 5.82 Å². The van der Waals surface area contributed by atoms with Crippen molar-refractivity contribution in [1.82, 2.24) is 19.5 Å². The van der Waals surface area contributed by atoms with Gasteiger partial charge in [-0.05, 0) is 31.6 Å². The van der Waals surface area contributed by atoms with E-state index in [4.69, 9.17) is 0 Å². The van der Waals surface area contributed by atoms with Gasteiger partial charge < -0.3 is 10.2 Å². The van der Waals surface area contributed by atoms with Crippen LogP contribution in [0.5, 0.6) is 0 Å². The fourth-order valence-electron chi connectivity index (χ4n) is 2.16. The quantitative estimate of drug-likeness (QED) is 0.896. The monoisotopic (exact) mass is 265 g/mol. The summed E-state index contributed by atoms with van der Waals surface area (Å²) in [6.45, 7) is 6.07. The molecule has 0 unspecified atom stereocenters. The minimum atomic E-state index is -0.322. The van der Waals surface area contributed by atoms with Gasteiger partial charge in [0.15, 0.2) is 5.65 Å². The van der Waals surface area contributed by atoms with Crippen molar-refractivity contribution < 1.29 is 4.39 Å². The van der Waals surface area contributed by atoms with Crippen LogP contribution in [-0.4, -0.2) is 46.7 Å². The van der Waals surface area contributed by atoms with Crippen LogP contribution in [0.3, 0.4) is 0 Å². The third-order valence-electron chi connectivity index (χ3n) is 2.76. The second-order valence-corrected chi connectivity index (χ2v) is 5.84. The second kappa shape index (κ2) is 5.13. The van der Waals surface area contributed by atoms with Crippen molar-refractivity contribution >= 4 is 11.6 Å². The van der Waals surface area contributed by atoms with E-state index in [1.165, 1.54) is 16.8 Å². The highest BCUT2D eigenvalue weighted by molar-refractivity contribution is 5.43. The zero-order chi connectivity index (χ0) is 14.0. The third-order valence-corrected chi connectivity index (χ3v) is 2.76. The van der Waals surface area contributed by atoms with Gasteiger partial charge in [-0.1, -0.05) is 13.8 Å². The molecule has 0 aliphatic carbocycles. The van der Waals surface area contributed by atoms with Gasteiger partial charge in [0.2, 0.25) is 5.95 Å². The molecular weight excluding hydrogens is 245 g/mol. The average Bonchev–Trinajstić information content (AvgIpc) is 2.66. The molecule has 6 heteroatoms. The van der Waals surface area contributed by atoms with Crippen molar-refractivity contribution in [2.75, 3.05) is 32.5 Å². The number of halogens is 1. The molecule has 0 atom stereocenters. The predicted molar refractivity (Wildman–Crippen MR) is 73.8 cm³/mol. The molecule has 0 bridgehead atoms. The molecule has 1 N–H and O–H groups in total. The first-order chi connectivity index (χ1) is 8.85. The highest BCUT2D eigenvalue weighted by Crippen LogP contribution is 2.16. The Labute approximate surface area is 112 Å². The van der Waals surface area contributed by atoms with Crippen molar-refractivity contribution in [3.05, 3.63) is 24.1 Å². The van der Waals surface area contributed by atoms with Crippen molar-refractivity contribution in [2.45, 2.75) is 13.8 Å².